The highest BCUT2D eigenvalue weighted by Gasteiger charge is 2.21. The average molecular weight is 466 g/mol. The van der Waals surface area contributed by atoms with Crippen LogP contribution in [0.25, 0.3) is 44.8 Å². The predicted octanol–water partition coefficient (Wildman–Crippen LogP) is 8.03. The first-order valence-electron chi connectivity index (χ1n) is 12.8. The third-order valence-electron chi connectivity index (χ3n) is 7.38. The number of fused-ring (bicyclic) bond motifs is 3. The second-order valence-corrected chi connectivity index (χ2v) is 9.56. The minimum absolute atomic E-state index is 0.976. The van der Waals surface area contributed by atoms with E-state index in [1.807, 2.05) is 6.07 Å². The molecule has 0 saturated carbocycles. The normalized spacial score (nSPS) is 13.1. The van der Waals surface area contributed by atoms with Crippen molar-refractivity contribution in [3.05, 3.63) is 127 Å². The molecule has 2 aromatic heterocycles. The van der Waals surface area contributed by atoms with E-state index in [0.29, 0.717) is 0 Å². The van der Waals surface area contributed by atoms with E-state index >= 15 is 0 Å². The molecule has 1 aliphatic carbocycles. The van der Waals surface area contributed by atoms with Crippen LogP contribution in [0, 0.1) is 0 Å². The molecule has 0 unspecified atom stereocenters. The van der Waals surface area contributed by atoms with Crippen LogP contribution in [-0.2, 0) is 12.8 Å². The third kappa shape index (κ3) is 3.47. The van der Waals surface area contributed by atoms with Crippen molar-refractivity contribution in [2.75, 3.05) is 0 Å². The lowest BCUT2D eigenvalue weighted by Gasteiger charge is -2.16. The summed E-state index contributed by atoms with van der Waals surface area (Å²) in [6.07, 6.45) is 4.86. The van der Waals surface area contributed by atoms with Crippen molar-refractivity contribution >= 4 is 10.9 Å². The van der Waals surface area contributed by atoms with Gasteiger partial charge < -0.3 is 4.57 Å². The summed E-state index contributed by atoms with van der Waals surface area (Å²) >= 11 is 0. The van der Waals surface area contributed by atoms with Gasteiger partial charge >= 0.3 is 0 Å². The number of hydrogen-bond acceptors (Lipinski definition) is 1. The monoisotopic (exact) mass is 465 g/mol. The van der Waals surface area contributed by atoms with E-state index in [1.54, 1.807) is 0 Å². The van der Waals surface area contributed by atoms with Gasteiger partial charge in [-0.2, -0.15) is 5.10 Å². The van der Waals surface area contributed by atoms with Crippen molar-refractivity contribution in [3.63, 3.8) is 0 Å². The molecule has 1 aliphatic rings. The molecule has 0 spiro atoms. The molecule has 0 radical (unpaired) electrons. The summed E-state index contributed by atoms with van der Waals surface area (Å²) in [7, 11) is 0. The Balaban J connectivity index is 1.35. The summed E-state index contributed by atoms with van der Waals surface area (Å²) in [5, 5.41) is 6.45. The van der Waals surface area contributed by atoms with E-state index in [0.717, 1.165) is 34.6 Å². The van der Waals surface area contributed by atoms with Gasteiger partial charge in [-0.05, 0) is 67.6 Å². The standard InChI is InChI=1S/C33H27N3/c1-3-11-24(12-4-1)30-23-33(25-13-5-2-6-14-25)36(34-30)27-21-19-26(20-22-27)35-31-17-9-7-15-28(31)29-16-8-10-18-32(29)35/h1-7,9,11-15,17,19-23H,8,10,16,18H2. The molecule has 0 saturated heterocycles. The Morgan fingerprint density at radius 3 is 2.00 bits per heavy atom. The minimum Gasteiger partial charge on any atom is -0.313 e. The number of benzene rings is 4. The van der Waals surface area contributed by atoms with Crippen LogP contribution in [0.3, 0.4) is 0 Å². The van der Waals surface area contributed by atoms with Gasteiger partial charge in [-0.1, -0.05) is 78.9 Å². The molecule has 7 rings (SSSR count). The maximum Gasteiger partial charge on any atom is 0.0934 e. The lowest BCUT2D eigenvalue weighted by molar-refractivity contribution is 0.667. The fourth-order valence-electron chi connectivity index (χ4n) is 5.68. The maximum absolute atomic E-state index is 5.05. The molecule has 6 aromatic rings. The van der Waals surface area contributed by atoms with Gasteiger partial charge in [0.15, 0.2) is 0 Å². The molecule has 4 aromatic carbocycles. The Morgan fingerprint density at radius 2 is 1.22 bits per heavy atom. The van der Waals surface area contributed by atoms with E-state index in [1.165, 1.54) is 47.1 Å². The van der Waals surface area contributed by atoms with Crippen molar-refractivity contribution in [2.24, 2.45) is 0 Å². The Morgan fingerprint density at radius 1 is 0.583 bits per heavy atom. The number of aromatic nitrogens is 3. The summed E-state index contributed by atoms with van der Waals surface area (Å²) in [6, 6.07) is 40.9. The molecular formula is C33H27N3. The largest absolute Gasteiger partial charge is 0.313 e. The Kier molecular flexibility index (Phi) is 5.06. The van der Waals surface area contributed by atoms with Crippen LogP contribution in [-0.4, -0.2) is 14.3 Å². The molecule has 36 heavy (non-hydrogen) atoms. The van der Waals surface area contributed by atoms with E-state index < -0.39 is 0 Å². The average Bonchev–Trinajstić information content (AvgIpc) is 3.55. The fraction of sp³-hybridized carbons (Fsp3) is 0.121. The quantitative estimate of drug-likeness (QED) is 0.258. The Labute approximate surface area is 211 Å². The first-order chi connectivity index (χ1) is 17.9. The van der Waals surface area contributed by atoms with Gasteiger partial charge in [0.1, 0.15) is 0 Å². The van der Waals surface area contributed by atoms with Gasteiger partial charge in [0.25, 0.3) is 0 Å². The maximum atomic E-state index is 5.05. The van der Waals surface area contributed by atoms with Crippen molar-refractivity contribution in [2.45, 2.75) is 25.7 Å². The van der Waals surface area contributed by atoms with Gasteiger partial charge in [0, 0.05) is 27.9 Å². The minimum atomic E-state index is 0.976. The van der Waals surface area contributed by atoms with Crippen molar-refractivity contribution in [3.8, 4) is 33.9 Å². The first kappa shape index (κ1) is 21.0. The Bertz CT molecular complexity index is 1660. The molecule has 3 heteroatoms. The molecule has 0 aliphatic heterocycles. The number of para-hydroxylation sites is 1. The van der Waals surface area contributed by atoms with Crippen LogP contribution in [0.5, 0.6) is 0 Å². The third-order valence-corrected chi connectivity index (χ3v) is 7.38. The molecule has 174 valence electrons. The van der Waals surface area contributed by atoms with Crippen molar-refractivity contribution in [1.82, 2.24) is 14.3 Å². The zero-order chi connectivity index (χ0) is 23.9. The van der Waals surface area contributed by atoms with Crippen LogP contribution in [0.2, 0.25) is 0 Å². The zero-order valence-corrected chi connectivity index (χ0v) is 20.1. The number of aryl methyl sites for hydroxylation is 1. The van der Waals surface area contributed by atoms with Gasteiger partial charge in [-0.15, -0.1) is 0 Å². The number of nitrogens with zero attached hydrogens (tertiary/aromatic N) is 3. The first-order valence-corrected chi connectivity index (χ1v) is 12.8. The van der Waals surface area contributed by atoms with Crippen molar-refractivity contribution < 1.29 is 0 Å². The molecule has 3 nitrogen and oxygen atoms in total. The second kappa shape index (κ2) is 8.69. The summed E-state index contributed by atoms with van der Waals surface area (Å²) < 4.78 is 4.55. The lowest BCUT2D eigenvalue weighted by Crippen LogP contribution is -2.07. The zero-order valence-electron chi connectivity index (χ0n) is 20.1. The summed E-state index contributed by atoms with van der Waals surface area (Å²) in [4.78, 5) is 0. The Hall–Kier alpha value is -4.37. The highest BCUT2D eigenvalue weighted by Crippen LogP contribution is 2.35. The molecular weight excluding hydrogens is 438 g/mol. The molecule has 0 N–H and O–H groups in total. The van der Waals surface area contributed by atoms with E-state index in [-0.39, 0.29) is 0 Å². The fourth-order valence-corrected chi connectivity index (χ4v) is 5.68. The smallest absolute Gasteiger partial charge is 0.0934 e. The highest BCUT2D eigenvalue weighted by atomic mass is 15.3. The molecule has 0 bridgehead atoms. The highest BCUT2D eigenvalue weighted by molar-refractivity contribution is 5.87. The predicted molar refractivity (Wildman–Crippen MR) is 148 cm³/mol. The van der Waals surface area contributed by atoms with E-state index in [9.17, 15) is 0 Å². The van der Waals surface area contributed by atoms with Gasteiger partial charge in [0.2, 0.25) is 0 Å². The van der Waals surface area contributed by atoms with Crippen LogP contribution >= 0.6 is 0 Å². The van der Waals surface area contributed by atoms with Crippen LogP contribution in [0.4, 0.5) is 0 Å². The van der Waals surface area contributed by atoms with Gasteiger partial charge in [-0.25, -0.2) is 4.68 Å². The number of hydrogen-bond donors (Lipinski definition) is 0. The summed E-state index contributed by atoms with van der Waals surface area (Å²) in [6.45, 7) is 0. The van der Waals surface area contributed by atoms with Gasteiger partial charge in [-0.3, -0.25) is 0 Å². The van der Waals surface area contributed by atoms with Crippen molar-refractivity contribution in [1.29, 1.82) is 0 Å². The van der Waals surface area contributed by atoms with Crippen LogP contribution in [0.15, 0.2) is 115 Å². The second-order valence-electron chi connectivity index (χ2n) is 9.56. The van der Waals surface area contributed by atoms with Crippen LogP contribution in [0.1, 0.15) is 24.1 Å². The SMILES string of the molecule is c1ccc(-c2cc(-c3ccccc3)n(-c3ccc(-n4c5c(c6ccccc64)CCCC5)cc3)n2)cc1. The molecule has 0 fully saturated rings. The lowest BCUT2D eigenvalue weighted by atomic mass is 9.95. The molecule has 0 atom stereocenters. The number of rotatable bonds is 4. The van der Waals surface area contributed by atoms with Gasteiger partial charge in [0.05, 0.1) is 22.6 Å². The summed E-state index contributed by atoms with van der Waals surface area (Å²) in [5.74, 6) is 0. The summed E-state index contributed by atoms with van der Waals surface area (Å²) in [5.41, 5.74) is 10.9. The van der Waals surface area contributed by atoms with E-state index in [4.69, 9.17) is 5.10 Å². The van der Waals surface area contributed by atoms with E-state index in [2.05, 4.69) is 118 Å². The topological polar surface area (TPSA) is 22.8 Å². The molecule has 2 heterocycles. The molecule has 0 amide bonds. The van der Waals surface area contributed by atoms with Crippen LogP contribution < -0.4 is 0 Å².